The summed E-state index contributed by atoms with van der Waals surface area (Å²) in [6.07, 6.45) is 0. The average molecular weight is 134 g/mol. The van der Waals surface area contributed by atoms with E-state index in [1.165, 1.54) is 0 Å². The van der Waals surface area contributed by atoms with E-state index in [4.69, 9.17) is 10.2 Å². The third kappa shape index (κ3) is 15.6. The molecule has 2 N–H and O–H groups in total. The molecule has 38 valence electrons. The zero-order chi connectivity index (χ0) is 4.83. The van der Waals surface area contributed by atoms with Crippen molar-refractivity contribution in [2.75, 3.05) is 13.2 Å². The molecular weight excluding hydrogens is 126 g/mol. The van der Waals surface area contributed by atoms with Gasteiger partial charge in [0.2, 0.25) is 0 Å². The van der Waals surface area contributed by atoms with E-state index in [1.807, 2.05) is 0 Å². The van der Waals surface area contributed by atoms with E-state index in [1.54, 1.807) is 0 Å². The summed E-state index contributed by atoms with van der Waals surface area (Å²) in [6, 6.07) is 0. The van der Waals surface area contributed by atoms with Gasteiger partial charge in [-0.15, -0.1) is 0 Å². The average Bonchev–Trinajstić information content (AvgIpc) is 1.61. The molecule has 0 aromatic carbocycles. The Hall–Kier alpha value is 1.48. The summed E-state index contributed by atoms with van der Waals surface area (Å²) in [6.45, 7) is -0.332. The minimum Gasteiger partial charge on any atom is -1.00 e. The summed E-state index contributed by atoms with van der Waals surface area (Å²) in [4.78, 5) is 0. The molecule has 0 aliphatic rings. The molecule has 0 atom stereocenters. The molecule has 0 saturated heterocycles. The Morgan fingerprint density at radius 3 is 1.38 bits per heavy atom. The standard InChI is InChI=1S/C4H6O2.2Na.2H/c5-3-1-2-4-6;;;;/h5-6H,3-4H2;;;;/q;2*+1;2*-1. The first-order valence-corrected chi connectivity index (χ1v) is 1.59. The summed E-state index contributed by atoms with van der Waals surface area (Å²) >= 11 is 0. The molecule has 8 heavy (non-hydrogen) atoms. The van der Waals surface area contributed by atoms with Gasteiger partial charge in [0.15, 0.2) is 0 Å². The molecule has 0 fully saturated rings. The number of rotatable bonds is 0. The van der Waals surface area contributed by atoms with Crippen LogP contribution in [0.1, 0.15) is 2.85 Å². The Morgan fingerprint density at radius 1 is 1.00 bits per heavy atom. The van der Waals surface area contributed by atoms with Gasteiger partial charge in [-0.05, 0) is 0 Å². The van der Waals surface area contributed by atoms with Gasteiger partial charge in [-0.25, -0.2) is 0 Å². The summed E-state index contributed by atoms with van der Waals surface area (Å²) in [7, 11) is 0. The number of aliphatic hydroxyl groups excluding tert-OH is 2. The Morgan fingerprint density at radius 2 is 1.25 bits per heavy atom. The molecule has 4 heteroatoms. The third-order valence-corrected chi connectivity index (χ3v) is 0.283. The van der Waals surface area contributed by atoms with Crippen molar-refractivity contribution in [1.82, 2.24) is 0 Å². The van der Waals surface area contributed by atoms with Gasteiger partial charge < -0.3 is 13.1 Å². The molecule has 0 bridgehead atoms. The topological polar surface area (TPSA) is 40.5 Å². The van der Waals surface area contributed by atoms with Crippen LogP contribution in [-0.4, -0.2) is 23.4 Å². The zero-order valence-electron chi connectivity index (χ0n) is 7.31. The third-order valence-electron chi connectivity index (χ3n) is 0.283. The molecule has 0 aliphatic heterocycles. The van der Waals surface area contributed by atoms with Crippen molar-refractivity contribution in [1.29, 1.82) is 0 Å². The van der Waals surface area contributed by atoms with Crippen molar-refractivity contribution in [2.45, 2.75) is 0 Å². The van der Waals surface area contributed by atoms with Gasteiger partial charge >= 0.3 is 59.1 Å². The van der Waals surface area contributed by atoms with Crippen molar-refractivity contribution >= 4 is 0 Å². The maximum Gasteiger partial charge on any atom is 1.00 e. The van der Waals surface area contributed by atoms with Crippen LogP contribution in [0, 0.1) is 11.8 Å². The first kappa shape index (κ1) is 16.2. The van der Waals surface area contributed by atoms with E-state index in [9.17, 15) is 0 Å². The fourth-order valence-corrected chi connectivity index (χ4v) is 0.112. The predicted molar refractivity (Wildman–Crippen MR) is 24.2 cm³/mol. The second-order valence-electron chi connectivity index (χ2n) is 0.670. The summed E-state index contributed by atoms with van der Waals surface area (Å²) in [5.74, 6) is 4.51. The monoisotopic (exact) mass is 134 g/mol. The second kappa shape index (κ2) is 15.8. The summed E-state index contributed by atoms with van der Waals surface area (Å²) in [5.41, 5.74) is 0. The number of aliphatic hydroxyl groups is 2. The van der Waals surface area contributed by atoms with E-state index in [0.29, 0.717) is 0 Å². The van der Waals surface area contributed by atoms with Gasteiger partial charge in [0.25, 0.3) is 0 Å². The maximum atomic E-state index is 7.91. The first-order valence-electron chi connectivity index (χ1n) is 1.59. The van der Waals surface area contributed by atoms with Crippen molar-refractivity contribution in [3.63, 3.8) is 0 Å². The van der Waals surface area contributed by atoms with E-state index in [-0.39, 0.29) is 75.2 Å². The Kier molecular flexibility index (Phi) is 32.1. The van der Waals surface area contributed by atoms with E-state index in [2.05, 4.69) is 11.8 Å². The zero-order valence-corrected chi connectivity index (χ0v) is 9.31. The van der Waals surface area contributed by atoms with Crippen LogP contribution in [0.5, 0.6) is 0 Å². The van der Waals surface area contributed by atoms with Gasteiger partial charge in [0.05, 0.1) is 0 Å². The van der Waals surface area contributed by atoms with Crippen LogP contribution in [0.2, 0.25) is 0 Å². The molecule has 0 heterocycles. The number of hydrogen-bond donors (Lipinski definition) is 2. The van der Waals surface area contributed by atoms with Crippen LogP contribution in [0.4, 0.5) is 0 Å². The van der Waals surface area contributed by atoms with Gasteiger partial charge in [0.1, 0.15) is 13.2 Å². The molecule has 0 radical (unpaired) electrons. The molecule has 0 amide bonds. The van der Waals surface area contributed by atoms with Crippen LogP contribution < -0.4 is 59.1 Å². The fraction of sp³-hybridized carbons (Fsp3) is 0.500. The van der Waals surface area contributed by atoms with Crippen molar-refractivity contribution in [2.24, 2.45) is 0 Å². The predicted octanol–water partition coefficient (Wildman–Crippen LogP) is -6.79. The molecule has 0 aromatic heterocycles. The molecule has 0 aromatic rings. The van der Waals surface area contributed by atoms with Gasteiger partial charge in [-0.3, -0.25) is 0 Å². The molecule has 2 nitrogen and oxygen atoms in total. The van der Waals surface area contributed by atoms with E-state index < -0.39 is 0 Å². The van der Waals surface area contributed by atoms with Crippen LogP contribution in [0.25, 0.3) is 0 Å². The largest absolute Gasteiger partial charge is 1.00 e. The Balaban J connectivity index is -0.0000000208. The van der Waals surface area contributed by atoms with Gasteiger partial charge in [-0.2, -0.15) is 0 Å². The molecule has 0 rings (SSSR count). The molecular formula is C4H8Na2O2. The molecule has 0 spiro atoms. The molecule has 0 saturated carbocycles. The SMILES string of the molecule is OCC#CCO.[H-].[H-].[Na+].[Na+]. The van der Waals surface area contributed by atoms with Gasteiger partial charge in [0, 0.05) is 0 Å². The van der Waals surface area contributed by atoms with Crippen molar-refractivity contribution < 1.29 is 72.2 Å². The molecule has 0 aliphatic carbocycles. The Bertz CT molecular complexity index is 73.1. The van der Waals surface area contributed by atoms with Crippen LogP contribution >= 0.6 is 0 Å². The minimum absolute atomic E-state index is 0. The maximum absolute atomic E-state index is 7.91. The quantitative estimate of drug-likeness (QED) is 0.255. The smallest absolute Gasteiger partial charge is 1.00 e. The van der Waals surface area contributed by atoms with Gasteiger partial charge in [-0.1, -0.05) is 11.8 Å². The first-order chi connectivity index (χ1) is 2.91. The normalized spacial score (nSPS) is 4.75. The van der Waals surface area contributed by atoms with E-state index in [0.717, 1.165) is 0 Å². The fourth-order valence-electron chi connectivity index (χ4n) is 0.112. The molecule has 0 unspecified atom stereocenters. The minimum atomic E-state index is -0.166. The van der Waals surface area contributed by atoms with E-state index >= 15 is 0 Å². The van der Waals surface area contributed by atoms with Crippen LogP contribution in [-0.2, 0) is 0 Å². The van der Waals surface area contributed by atoms with Crippen LogP contribution in [0.15, 0.2) is 0 Å². The number of hydrogen-bond acceptors (Lipinski definition) is 2. The van der Waals surface area contributed by atoms with Crippen LogP contribution in [0.3, 0.4) is 0 Å². The summed E-state index contributed by atoms with van der Waals surface area (Å²) in [5, 5.41) is 15.8. The van der Waals surface area contributed by atoms with Crippen molar-refractivity contribution in [3.8, 4) is 11.8 Å². The summed E-state index contributed by atoms with van der Waals surface area (Å²) < 4.78 is 0. The Labute approximate surface area is 96.2 Å². The second-order valence-corrected chi connectivity index (χ2v) is 0.670. The van der Waals surface area contributed by atoms with Crippen molar-refractivity contribution in [3.05, 3.63) is 0 Å².